The standard InChI is InChI=1S/C17H15ClN4O3/c1-2-21-16(24)12-5-3-4-6-13(12)22(17(21)25)10-15(23)20-14-8-7-11(18)9-19-14/h3-9H,2,10H2,1H3,(H,19,20,23). The first kappa shape index (κ1) is 16.9. The van der Waals surface area contributed by atoms with Crippen molar-refractivity contribution in [1.29, 1.82) is 0 Å². The number of pyridine rings is 1. The highest BCUT2D eigenvalue weighted by atomic mass is 35.5. The lowest BCUT2D eigenvalue weighted by molar-refractivity contribution is -0.116. The first-order chi connectivity index (χ1) is 12.0. The second-order valence-electron chi connectivity index (χ2n) is 5.35. The normalized spacial score (nSPS) is 10.8. The van der Waals surface area contributed by atoms with Crippen LogP contribution in [0.3, 0.4) is 0 Å². The van der Waals surface area contributed by atoms with Gasteiger partial charge in [-0.3, -0.25) is 18.7 Å². The highest BCUT2D eigenvalue weighted by Gasteiger charge is 2.14. The summed E-state index contributed by atoms with van der Waals surface area (Å²) in [5.74, 6) is -0.0982. The van der Waals surface area contributed by atoms with E-state index in [2.05, 4.69) is 10.3 Å². The topological polar surface area (TPSA) is 86.0 Å². The number of para-hydroxylation sites is 1. The van der Waals surface area contributed by atoms with Gasteiger partial charge in [-0.25, -0.2) is 9.78 Å². The Morgan fingerprint density at radius 1 is 1.16 bits per heavy atom. The Labute approximate surface area is 147 Å². The smallest absolute Gasteiger partial charge is 0.309 e. The highest BCUT2D eigenvalue weighted by molar-refractivity contribution is 6.30. The van der Waals surface area contributed by atoms with Crippen molar-refractivity contribution < 1.29 is 4.79 Å². The Bertz CT molecular complexity index is 1050. The molecule has 0 aliphatic rings. The van der Waals surface area contributed by atoms with Gasteiger partial charge in [0.25, 0.3) is 5.56 Å². The van der Waals surface area contributed by atoms with Crippen LogP contribution in [0, 0.1) is 0 Å². The van der Waals surface area contributed by atoms with Crippen molar-refractivity contribution in [3.63, 3.8) is 0 Å². The number of amides is 1. The largest absolute Gasteiger partial charge is 0.331 e. The van der Waals surface area contributed by atoms with E-state index in [4.69, 9.17) is 11.6 Å². The molecule has 0 fully saturated rings. The summed E-state index contributed by atoms with van der Waals surface area (Å²) in [5, 5.41) is 3.45. The van der Waals surface area contributed by atoms with Crippen molar-refractivity contribution in [3.05, 3.63) is 68.5 Å². The molecule has 0 spiro atoms. The molecule has 2 aromatic heterocycles. The molecule has 0 atom stereocenters. The van der Waals surface area contributed by atoms with Crippen LogP contribution in [0.25, 0.3) is 10.9 Å². The van der Waals surface area contributed by atoms with E-state index in [1.807, 2.05) is 0 Å². The van der Waals surface area contributed by atoms with Crippen LogP contribution in [0.4, 0.5) is 5.82 Å². The first-order valence-electron chi connectivity index (χ1n) is 7.65. The van der Waals surface area contributed by atoms with E-state index in [1.165, 1.54) is 10.8 Å². The molecule has 128 valence electrons. The van der Waals surface area contributed by atoms with E-state index in [-0.39, 0.29) is 18.6 Å². The van der Waals surface area contributed by atoms with Gasteiger partial charge in [-0.1, -0.05) is 23.7 Å². The number of hydrogen-bond acceptors (Lipinski definition) is 4. The van der Waals surface area contributed by atoms with Gasteiger partial charge in [0.15, 0.2) is 0 Å². The number of halogens is 1. The zero-order valence-corrected chi connectivity index (χ0v) is 14.2. The minimum absolute atomic E-state index is 0.225. The van der Waals surface area contributed by atoms with Gasteiger partial charge in [0.2, 0.25) is 5.91 Å². The Balaban J connectivity index is 2.00. The van der Waals surface area contributed by atoms with Gasteiger partial charge in [0.1, 0.15) is 12.4 Å². The maximum Gasteiger partial charge on any atom is 0.331 e. The molecule has 1 amide bonds. The fourth-order valence-corrected chi connectivity index (χ4v) is 2.69. The molecular formula is C17H15ClN4O3. The zero-order valence-electron chi connectivity index (χ0n) is 13.4. The molecule has 8 heteroatoms. The number of rotatable bonds is 4. The van der Waals surface area contributed by atoms with Gasteiger partial charge >= 0.3 is 5.69 Å². The third kappa shape index (κ3) is 3.32. The van der Waals surface area contributed by atoms with Crippen LogP contribution in [0.2, 0.25) is 5.02 Å². The minimum Gasteiger partial charge on any atom is -0.309 e. The lowest BCUT2D eigenvalue weighted by Crippen LogP contribution is -2.41. The minimum atomic E-state index is -0.523. The number of carbonyl (C=O) groups excluding carboxylic acids is 1. The zero-order chi connectivity index (χ0) is 18.0. The monoisotopic (exact) mass is 358 g/mol. The summed E-state index contributed by atoms with van der Waals surface area (Å²) in [7, 11) is 0. The van der Waals surface area contributed by atoms with E-state index in [0.717, 1.165) is 4.57 Å². The quantitative estimate of drug-likeness (QED) is 0.771. The Morgan fingerprint density at radius 2 is 1.92 bits per heavy atom. The van der Waals surface area contributed by atoms with Crippen LogP contribution < -0.4 is 16.6 Å². The molecule has 0 unspecified atom stereocenters. The third-order valence-electron chi connectivity index (χ3n) is 3.75. The van der Waals surface area contributed by atoms with Crippen LogP contribution in [-0.4, -0.2) is 20.0 Å². The first-order valence-corrected chi connectivity index (χ1v) is 8.03. The average molecular weight is 359 g/mol. The van der Waals surface area contributed by atoms with Crippen molar-refractivity contribution >= 4 is 34.2 Å². The summed E-state index contributed by atoms with van der Waals surface area (Å²) in [5.41, 5.74) is -0.467. The lowest BCUT2D eigenvalue weighted by Gasteiger charge is -2.13. The van der Waals surface area contributed by atoms with Gasteiger partial charge in [-0.05, 0) is 31.2 Å². The van der Waals surface area contributed by atoms with E-state index in [0.29, 0.717) is 21.7 Å². The third-order valence-corrected chi connectivity index (χ3v) is 3.97. The molecule has 25 heavy (non-hydrogen) atoms. The average Bonchev–Trinajstić information content (AvgIpc) is 2.61. The van der Waals surface area contributed by atoms with Crippen molar-refractivity contribution in [2.45, 2.75) is 20.0 Å². The highest BCUT2D eigenvalue weighted by Crippen LogP contribution is 2.10. The predicted octanol–water partition coefficient (Wildman–Crippen LogP) is 1.87. The van der Waals surface area contributed by atoms with Gasteiger partial charge in [-0.15, -0.1) is 0 Å². The number of benzene rings is 1. The number of anilines is 1. The Kier molecular flexibility index (Phi) is 4.67. The molecule has 7 nitrogen and oxygen atoms in total. The number of carbonyl (C=O) groups is 1. The van der Waals surface area contributed by atoms with E-state index >= 15 is 0 Å². The molecular weight excluding hydrogens is 344 g/mol. The Morgan fingerprint density at radius 3 is 2.60 bits per heavy atom. The summed E-state index contributed by atoms with van der Waals surface area (Å²) in [4.78, 5) is 41.3. The number of fused-ring (bicyclic) bond motifs is 1. The lowest BCUT2D eigenvalue weighted by atomic mass is 10.2. The molecule has 1 N–H and O–H groups in total. The summed E-state index contributed by atoms with van der Waals surface area (Å²) in [6.45, 7) is 1.70. The van der Waals surface area contributed by atoms with Crippen molar-refractivity contribution in [2.75, 3.05) is 5.32 Å². The summed E-state index contributed by atoms with van der Waals surface area (Å²) in [6.07, 6.45) is 1.41. The number of nitrogens with zero attached hydrogens (tertiary/aromatic N) is 3. The van der Waals surface area contributed by atoms with Crippen LogP contribution in [-0.2, 0) is 17.9 Å². The molecule has 0 saturated heterocycles. The molecule has 2 heterocycles. The molecule has 3 rings (SSSR count). The molecule has 3 aromatic rings. The van der Waals surface area contributed by atoms with Crippen LogP contribution >= 0.6 is 11.6 Å². The molecule has 0 saturated carbocycles. The second kappa shape index (κ2) is 6.90. The predicted molar refractivity (Wildman–Crippen MR) is 96.0 cm³/mol. The van der Waals surface area contributed by atoms with Crippen LogP contribution in [0.1, 0.15) is 6.92 Å². The fraction of sp³-hybridized carbons (Fsp3) is 0.176. The van der Waals surface area contributed by atoms with E-state index in [9.17, 15) is 14.4 Å². The molecule has 0 aliphatic carbocycles. The number of nitrogens with one attached hydrogen (secondary N) is 1. The fourth-order valence-electron chi connectivity index (χ4n) is 2.58. The molecule has 0 radical (unpaired) electrons. The van der Waals surface area contributed by atoms with Crippen molar-refractivity contribution in [1.82, 2.24) is 14.1 Å². The van der Waals surface area contributed by atoms with Gasteiger partial charge in [0, 0.05) is 12.7 Å². The van der Waals surface area contributed by atoms with Gasteiger partial charge in [-0.2, -0.15) is 0 Å². The summed E-state index contributed by atoms with van der Waals surface area (Å²) in [6, 6.07) is 9.88. The maximum atomic E-state index is 12.6. The van der Waals surface area contributed by atoms with Gasteiger partial charge in [0.05, 0.1) is 15.9 Å². The second-order valence-corrected chi connectivity index (χ2v) is 5.78. The van der Waals surface area contributed by atoms with E-state index < -0.39 is 11.6 Å². The van der Waals surface area contributed by atoms with Gasteiger partial charge < -0.3 is 5.32 Å². The number of aromatic nitrogens is 3. The number of hydrogen-bond donors (Lipinski definition) is 1. The Hall–Kier alpha value is -2.93. The van der Waals surface area contributed by atoms with Crippen LogP contribution in [0.5, 0.6) is 0 Å². The SMILES string of the molecule is CCn1c(=O)c2ccccc2n(CC(=O)Nc2ccc(Cl)cn2)c1=O. The summed E-state index contributed by atoms with van der Waals surface area (Å²) < 4.78 is 2.39. The molecule has 1 aromatic carbocycles. The van der Waals surface area contributed by atoms with Crippen LogP contribution in [0.15, 0.2) is 52.2 Å². The van der Waals surface area contributed by atoms with E-state index in [1.54, 1.807) is 43.3 Å². The van der Waals surface area contributed by atoms with Crippen molar-refractivity contribution in [2.24, 2.45) is 0 Å². The maximum absolute atomic E-state index is 12.6. The molecule has 0 aliphatic heterocycles. The van der Waals surface area contributed by atoms with Crippen molar-refractivity contribution in [3.8, 4) is 0 Å². The molecule has 0 bridgehead atoms. The summed E-state index contributed by atoms with van der Waals surface area (Å²) >= 11 is 5.76.